The number of piperazine rings is 1. The summed E-state index contributed by atoms with van der Waals surface area (Å²) in [5.74, 6) is 1.38. The highest BCUT2D eigenvalue weighted by atomic mass is 16.2. The fourth-order valence-corrected chi connectivity index (χ4v) is 4.74. The van der Waals surface area contributed by atoms with Crippen molar-refractivity contribution in [1.29, 1.82) is 0 Å². The molecule has 2 saturated heterocycles. The number of hydrogen-bond donors (Lipinski definition) is 0. The molecular weight excluding hydrogens is 388 g/mol. The fraction of sp³-hybridized carbons (Fsp3) is 0.542. The molecule has 2 aliphatic rings. The molecule has 0 bridgehead atoms. The number of carbonyl (C=O) groups is 1. The Labute approximate surface area is 185 Å². The minimum Gasteiger partial charge on any atom is -0.368 e. The van der Waals surface area contributed by atoms with Crippen LogP contribution in [0.4, 0.5) is 17.2 Å². The van der Waals surface area contributed by atoms with E-state index < -0.39 is 0 Å². The zero-order chi connectivity index (χ0) is 22.0. The van der Waals surface area contributed by atoms with Crippen molar-refractivity contribution < 1.29 is 4.79 Å². The number of amides is 1. The van der Waals surface area contributed by atoms with E-state index in [4.69, 9.17) is 0 Å². The quantitative estimate of drug-likeness (QED) is 0.755. The molecule has 0 aliphatic carbocycles. The standard InChI is InChI=1S/C24H34N6O/c1-18-5-6-19(2)21(15-18)29-11-13-30(14-12-29)24(31)20-7-9-28(10-8-20)22-16-25-17-26-23(22)27(3)4/h5-6,15-17,20H,7-14H2,1-4H3. The largest absolute Gasteiger partial charge is 0.368 e. The van der Waals surface area contributed by atoms with Crippen molar-refractivity contribution in [2.24, 2.45) is 5.92 Å². The normalized spacial score (nSPS) is 17.7. The Morgan fingerprint density at radius 3 is 2.32 bits per heavy atom. The van der Waals surface area contributed by atoms with Crippen LogP contribution in [0.15, 0.2) is 30.7 Å². The number of benzene rings is 1. The first-order valence-corrected chi connectivity index (χ1v) is 11.3. The minimum absolute atomic E-state index is 0.121. The van der Waals surface area contributed by atoms with E-state index in [0.717, 1.165) is 63.6 Å². The molecule has 0 unspecified atom stereocenters. The topological polar surface area (TPSA) is 55.8 Å². The summed E-state index contributed by atoms with van der Waals surface area (Å²) in [6.07, 6.45) is 5.25. The maximum Gasteiger partial charge on any atom is 0.225 e. The molecule has 3 heterocycles. The Morgan fingerprint density at radius 1 is 0.968 bits per heavy atom. The van der Waals surface area contributed by atoms with E-state index in [0.29, 0.717) is 5.91 Å². The average molecular weight is 423 g/mol. The SMILES string of the molecule is Cc1ccc(C)c(N2CCN(C(=O)C3CCN(c4cncnc4N(C)C)CC3)CC2)c1. The Hall–Kier alpha value is -2.83. The molecule has 1 aromatic heterocycles. The maximum absolute atomic E-state index is 13.2. The molecule has 2 aromatic rings. The lowest BCUT2D eigenvalue weighted by Crippen LogP contribution is -2.52. The summed E-state index contributed by atoms with van der Waals surface area (Å²) in [7, 11) is 4.00. The van der Waals surface area contributed by atoms with Crippen LogP contribution < -0.4 is 14.7 Å². The molecule has 7 heteroatoms. The van der Waals surface area contributed by atoms with Gasteiger partial charge in [-0.3, -0.25) is 4.79 Å². The van der Waals surface area contributed by atoms with Gasteiger partial charge in [0.1, 0.15) is 6.33 Å². The van der Waals surface area contributed by atoms with E-state index in [2.05, 4.69) is 56.7 Å². The summed E-state index contributed by atoms with van der Waals surface area (Å²) < 4.78 is 0. The molecule has 2 aliphatic heterocycles. The summed E-state index contributed by atoms with van der Waals surface area (Å²) in [6.45, 7) is 9.47. The maximum atomic E-state index is 13.2. The van der Waals surface area contributed by atoms with Gasteiger partial charge in [0, 0.05) is 65.0 Å². The molecule has 7 nitrogen and oxygen atoms in total. The molecule has 2 fully saturated rings. The predicted octanol–water partition coefficient (Wildman–Crippen LogP) is 2.72. The second kappa shape index (κ2) is 9.12. The fourth-order valence-electron chi connectivity index (χ4n) is 4.74. The first-order valence-electron chi connectivity index (χ1n) is 11.3. The van der Waals surface area contributed by atoms with Gasteiger partial charge in [-0.2, -0.15) is 0 Å². The van der Waals surface area contributed by atoms with Crippen LogP contribution in [0.1, 0.15) is 24.0 Å². The van der Waals surface area contributed by atoms with Gasteiger partial charge in [0.2, 0.25) is 5.91 Å². The van der Waals surface area contributed by atoms with Gasteiger partial charge in [0.25, 0.3) is 0 Å². The Kier molecular flexibility index (Phi) is 6.30. The molecule has 166 valence electrons. The van der Waals surface area contributed by atoms with Crippen LogP contribution in [0.5, 0.6) is 0 Å². The Morgan fingerprint density at radius 2 is 1.65 bits per heavy atom. The van der Waals surface area contributed by atoms with E-state index in [1.807, 2.05) is 25.2 Å². The van der Waals surface area contributed by atoms with Crippen molar-refractivity contribution in [2.45, 2.75) is 26.7 Å². The van der Waals surface area contributed by atoms with E-state index in [-0.39, 0.29) is 5.92 Å². The van der Waals surface area contributed by atoms with Crippen LogP contribution in [0.2, 0.25) is 0 Å². The van der Waals surface area contributed by atoms with E-state index >= 15 is 0 Å². The Bertz CT molecular complexity index is 914. The molecule has 0 atom stereocenters. The molecule has 0 saturated carbocycles. The van der Waals surface area contributed by atoms with Crippen molar-refractivity contribution in [1.82, 2.24) is 14.9 Å². The number of rotatable bonds is 4. The highest BCUT2D eigenvalue weighted by Crippen LogP contribution is 2.30. The van der Waals surface area contributed by atoms with E-state index in [1.165, 1.54) is 16.8 Å². The third-order valence-corrected chi connectivity index (χ3v) is 6.58. The highest BCUT2D eigenvalue weighted by molar-refractivity contribution is 5.80. The number of carbonyl (C=O) groups excluding carboxylic acids is 1. The lowest BCUT2D eigenvalue weighted by Gasteiger charge is -2.40. The van der Waals surface area contributed by atoms with Crippen molar-refractivity contribution in [2.75, 3.05) is 68.1 Å². The van der Waals surface area contributed by atoms with Gasteiger partial charge < -0.3 is 19.6 Å². The van der Waals surface area contributed by atoms with Crippen molar-refractivity contribution in [3.63, 3.8) is 0 Å². The number of anilines is 3. The van der Waals surface area contributed by atoms with Gasteiger partial charge in [0.15, 0.2) is 5.82 Å². The number of aromatic nitrogens is 2. The van der Waals surface area contributed by atoms with Crippen LogP contribution >= 0.6 is 0 Å². The first-order chi connectivity index (χ1) is 14.9. The third kappa shape index (κ3) is 4.60. The van der Waals surface area contributed by atoms with Gasteiger partial charge >= 0.3 is 0 Å². The zero-order valence-electron chi connectivity index (χ0n) is 19.2. The van der Waals surface area contributed by atoms with Crippen LogP contribution in [-0.4, -0.2) is 74.1 Å². The highest BCUT2D eigenvalue weighted by Gasteiger charge is 2.31. The molecular formula is C24H34N6O. The van der Waals surface area contributed by atoms with Crippen molar-refractivity contribution in [3.8, 4) is 0 Å². The number of nitrogens with zero attached hydrogens (tertiary/aromatic N) is 6. The summed E-state index contributed by atoms with van der Waals surface area (Å²) in [5, 5.41) is 0. The van der Waals surface area contributed by atoms with E-state index in [9.17, 15) is 4.79 Å². The second-order valence-electron chi connectivity index (χ2n) is 8.99. The summed E-state index contributed by atoms with van der Waals surface area (Å²) >= 11 is 0. The second-order valence-corrected chi connectivity index (χ2v) is 8.99. The van der Waals surface area contributed by atoms with Crippen LogP contribution in [0.3, 0.4) is 0 Å². The Balaban J connectivity index is 1.32. The molecule has 4 rings (SSSR count). The minimum atomic E-state index is 0.121. The van der Waals surface area contributed by atoms with Crippen LogP contribution in [-0.2, 0) is 4.79 Å². The smallest absolute Gasteiger partial charge is 0.225 e. The summed E-state index contributed by atoms with van der Waals surface area (Å²) in [5.41, 5.74) is 4.95. The van der Waals surface area contributed by atoms with Gasteiger partial charge in [0.05, 0.1) is 11.9 Å². The summed E-state index contributed by atoms with van der Waals surface area (Å²) in [4.78, 5) is 30.7. The van der Waals surface area contributed by atoms with Gasteiger partial charge in [-0.25, -0.2) is 9.97 Å². The molecule has 1 amide bonds. The zero-order valence-corrected chi connectivity index (χ0v) is 19.2. The van der Waals surface area contributed by atoms with Crippen LogP contribution in [0.25, 0.3) is 0 Å². The average Bonchev–Trinajstić information content (AvgIpc) is 2.80. The summed E-state index contributed by atoms with van der Waals surface area (Å²) in [6, 6.07) is 6.61. The lowest BCUT2D eigenvalue weighted by atomic mass is 9.94. The van der Waals surface area contributed by atoms with E-state index in [1.54, 1.807) is 6.33 Å². The lowest BCUT2D eigenvalue weighted by molar-refractivity contribution is -0.136. The van der Waals surface area contributed by atoms with Crippen LogP contribution in [0, 0.1) is 19.8 Å². The molecule has 31 heavy (non-hydrogen) atoms. The van der Waals surface area contributed by atoms with Gasteiger partial charge in [-0.1, -0.05) is 12.1 Å². The number of piperidine rings is 1. The number of aryl methyl sites for hydroxylation is 2. The van der Waals surface area contributed by atoms with Gasteiger partial charge in [-0.05, 0) is 43.9 Å². The van der Waals surface area contributed by atoms with Gasteiger partial charge in [-0.15, -0.1) is 0 Å². The number of hydrogen-bond acceptors (Lipinski definition) is 6. The molecule has 1 aromatic carbocycles. The predicted molar refractivity (Wildman–Crippen MR) is 126 cm³/mol. The monoisotopic (exact) mass is 422 g/mol. The molecule has 0 spiro atoms. The van der Waals surface area contributed by atoms with Crippen molar-refractivity contribution in [3.05, 3.63) is 41.9 Å². The third-order valence-electron chi connectivity index (χ3n) is 6.58. The van der Waals surface area contributed by atoms with Crippen molar-refractivity contribution >= 4 is 23.1 Å². The molecule has 0 radical (unpaired) electrons. The first kappa shape index (κ1) is 21.4. The molecule has 0 N–H and O–H groups in total.